The van der Waals surface area contributed by atoms with Crippen molar-refractivity contribution < 1.29 is 9.84 Å². The molecule has 0 aliphatic heterocycles. The maximum Gasteiger partial charge on any atom is 0.174 e. The highest BCUT2D eigenvalue weighted by Crippen LogP contribution is 2.25. The Labute approximate surface area is 115 Å². The van der Waals surface area contributed by atoms with Crippen LogP contribution in [-0.4, -0.2) is 10.1 Å². The topological polar surface area (TPSA) is 42.4 Å². The van der Waals surface area contributed by atoms with Crippen LogP contribution >= 0.6 is 11.3 Å². The van der Waals surface area contributed by atoms with Crippen molar-refractivity contribution in [3.8, 4) is 5.06 Å². The molecule has 0 fully saturated rings. The zero-order valence-corrected chi connectivity index (χ0v) is 11.1. The summed E-state index contributed by atoms with van der Waals surface area (Å²) in [7, 11) is 0. The Morgan fingerprint density at radius 3 is 2.79 bits per heavy atom. The van der Waals surface area contributed by atoms with Crippen molar-refractivity contribution in [2.24, 2.45) is 0 Å². The Hall–Kier alpha value is -1.91. The minimum absolute atomic E-state index is 0.0578. The van der Waals surface area contributed by atoms with Crippen molar-refractivity contribution in [1.82, 2.24) is 4.98 Å². The first kappa shape index (κ1) is 12.1. The first-order valence-corrected chi connectivity index (χ1v) is 6.84. The van der Waals surface area contributed by atoms with Gasteiger partial charge in [-0.15, -0.1) is 11.3 Å². The number of aliphatic hydroxyl groups excluding tert-OH is 1. The highest BCUT2D eigenvalue weighted by atomic mass is 32.1. The molecule has 1 aromatic carbocycles. The van der Waals surface area contributed by atoms with Crippen LogP contribution in [0, 0.1) is 0 Å². The van der Waals surface area contributed by atoms with E-state index in [9.17, 15) is 0 Å². The molecule has 0 aliphatic rings. The second-order valence-electron chi connectivity index (χ2n) is 4.16. The van der Waals surface area contributed by atoms with Crippen molar-refractivity contribution in [2.75, 3.05) is 0 Å². The number of benzene rings is 1. The normalized spacial score (nSPS) is 10.8. The summed E-state index contributed by atoms with van der Waals surface area (Å²) in [6, 6.07) is 15.8. The van der Waals surface area contributed by atoms with Crippen LogP contribution in [0.15, 0.2) is 48.5 Å². The summed E-state index contributed by atoms with van der Waals surface area (Å²) in [6.07, 6.45) is 0. The number of hydrogen-bond donors (Lipinski definition) is 1. The smallest absolute Gasteiger partial charge is 0.174 e. The Kier molecular flexibility index (Phi) is 3.44. The molecule has 0 aliphatic carbocycles. The van der Waals surface area contributed by atoms with Gasteiger partial charge < -0.3 is 9.84 Å². The van der Waals surface area contributed by atoms with Crippen molar-refractivity contribution in [3.05, 3.63) is 59.1 Å². The van der Waals surface area contributed by atoms with Crippen LogP contribution in [0.5, 0.6) is 5.06 Å². The van der Waals surface area contributed by atoms with E-state index in [1.807, 2.05) is 42.5 Å². The SMILES string of the molecule is OCc1ccc(OCc2ccc3ccccc3n2)s1. The Balaban J connectivity index is 1.74. The van der Waals surface area contributed by atoms with Crippen LogP contribution < -0.4 is 4.74 Å². The van der Waals surface area contributed by atoms with Gasteiger partial charge in [-0.2, -0.15) is 0 Å². The molecule has 0 atom stereocenters. The molecule has 2 aromatic heterocycles. The highest BCUT2D eigenvalue weighted by molar-refractivity contribution is 7.13. The van der Waals surface area contributed by atoms with E-state index >= 15 is 0 Å². The molecule has 96 valence electrons. The van der Waals surface area contributed by atoms with Gasteiger partial charge in [-0.3, -0.25) is 0 Å². The average molecular weight is 271 g/mol. The van der Waals surface area contributed by atoms with E-state index in [4.69, 9.17) is 9.84 Å². The van der Waals surface area contributed by atoms with E-state index in [1.54, 1.807) is 0 Å². The van der Waals surface area contributed by atoms with Gasteiger partial charge in [0.1, 0.15) is 6.61 Å². The summed E-state index contributed by atoms with van der Waals surface area (Å²) in [5.41, 5.74) is 1.88. The fourth-order valence-corrected chi connectivity index (χ4v) is 2.57. The number of pyridine rings is 1. The van der Waals surface area contributed by atoms with E-state index < -0.39 is 0 Å². The third-order valence-corrected chi connectivity index (χ3v) is 3.79. The Morgan fingerprint density at radius 1 is 1.05 bits per heavy atom. The van der Waals surface area contributed by atoms with Crippen LogP contribution in [0.2, 0.25) is 0 Å². The van der Waals surface area contributed by atoms with Gasteiger partial charge in [0, 0.05) is 10.3 Å². The predicted molar refractivity (Wildman–Crippen MR) is 76.3 cm³/mol. The lowest BCUT2D eigenvalue weighted by molar-refractivity contribution is 0.285. The van der Waals surface area contributed by atoms with Crippen molar-refractivity contribution in [1.29, 1.82) is 0 Å². The molecule has 0 saturated carbocycles. The number of para-hydroxylation sites is 1. The summed E-state index contributed by atoms with van der Waals surface area (Å²) >= 11 is 1.46. The van der Waals surface area contributed by atoms with Gasteiger partial charge in [-0.1, -0.05) is 24.3 Å². The lowest BCUT2D eigenvalue weighted by atomic mass is 10.2. The van der Waals surface area contributed by atoms with Gasteiger partial charge in [0.2, 0.25) is 0 Å². The number of aliphatic hydroxyl groups is 1. The molecule has 1 N–H and O–H groups in total. The molecule has 0 saturated heterocycles. The van der Waals surface area contributed by atoms with E-state index in [1.165, 1.54) is 11.3 Å². The molecule has 0 amide bonds. The molecule has 0 radical (unpaired) electrons. The van der Waals surface area contributed by atoms with Gasteiger partial charge in [0.15, 0.2) is 5.06 Å². The quantitative estimate of drug-likeness (QED) is 0.791. The van der Waals surface area contributed by atoms with Gasteiger partial charge >= 0.3 is 0 Å². The fourth-order valence-electron chi connectivity index (χ4n) is 1.85. The molecule has 19 heavy (non-hydrogen) atoms. The van der Waals surface area contributed by atoms with E-state index in [0.717, 1.165) is 26.5 Å². The average Bonchev–Trinajstić information content (AvgIpc) is 2.93. The second kappa shape index (κ2) is 5.38. The molecule has 4 heteroatoms. The Bertz CT molecular complexity index is 693. The van der Waals surface area contributed by atoms with Crippen LogP contribution in [0.25, 0.3) is 10.9 Å². The highest BCUT2D eigenvalue weighted by Gasteiger charge is 2.02. The fraction of sp³-hybridized carbons (Fsp3) is 0.133. The van der Waals surface area contributed by atoms with Crippen LogP contribution in [0.3, 0.4) is 0 Å². The molecule has 0 bridgehead atoms. The predicted octanol–water partition coefficient (Wildman–Crippen LogP) is 3.37. The number of rotatable bonds is 4. The lowest BCUT2D eigenvalue weighted by Gasteiger charge is -2.04. The third kappa shape index (κ3) is 2.75. The van der Waals surface area contributed by atoms with Gasteiger partial charge in [0.25, 0.3) is 0 Å². The van der Waals surface area contributed by atoms with Crippen LogP contribution in [0.4, 0.5) is 0 Å². The summed E-state index contributed by atoms with van der Waals surface area (Å²) < 4.78 is 5.67. The monoisotopic (exact) mass is 271 g/mol. The summed E-state index contributed by atoms with van der Waals surface area (Å²) in [4.78, 5) is 5.45. The first-order valence-electron chi connectivity index (χ1n) is 6.02. The summed E-state index contributed by atoms with van der Waals surface area (Å²) in [5, 5.41) is 10.9. The van der Waals surface area contributed by atoms with Gasteiger partial charge in [0.05, 0.1) is 17.8 Å². The molecule has 2 heterocycles. The van der Waals surface area contributed by atoms with Crippen molar-refractivity contribution in [2.45, 2.75) is 13.2 Å². The van der Waals surface area contributed by atoms with E-state index in [-0.39, 0.29) is 6.61 Å². The number of ether oxygens (including phenoxy) is 1. The molecular formula is C15H13NO2S. The minimum atomic E-state index is 0.0578. The number of fused-ring (bicyclic) bond motifs is 1. The summed E-state index contributed by atoms with van der Waals surface area (Å²) in [6.45, 7) is 0.498. The van der Waals surface area contributed by atoms with Gasteiger partial charge in [-0.25, -0.2) is 4.98 Å². The van der Waals surface area contributed by atoms with Gasteiger partial charge in [-0.05, 0) is 24.3 Å². The van der Waals surface area contributed by atoms with Crippen LogP contribution in [0.1, 0.15) is 10.6 Å². The lowest BCUT2D eigenvalue weighted by Crippen LogP contribution is -1.97. The van der Waals surface area contributed by atoms with E-state index in [2.05, 4.69) is 11.1 Å². The largest absolute Gasteiger partial charge is 0.478 e. The molecule has 0 spiro atoms. The molecule has 0 unspecified atom stereocenters. The van der Waals surface area contributed by atoms with Crippen LogP contribution in [-0.2, 0) is 13.2 Å². The number of nitrogens with zero attached hydrogens (tertiary/aromatic N) is 1. The number of hydrogen-bond acceptors (Lipinski definition) is 4. The number of aromatic nitrogens is 1. The number of thiophene rings is 1. The molecular weight excluding hydrogens is 258 g/mol. The summed E-state index contributed by atoms with van der Waals surface area (Å²) in [5.74, 6) is 0. The second-order valence-corrected chi connectivity index (χ2v) is 5.29. The first-order chi connectivity index (χ1) is 9.35. The maximum atomic E-state index is 9.00. The molecule has 3 rings (SSSR count). The Morgan fingerprint density at radius 2 is 1.95 bits per heavy atom. The zero-order valence-electron chi connectivity index (χ0n) is 10.2. The zero-order chi connectivity index (χ0) is 13.1. The van der Waals surface area contributed by atoms with Crippen molar-refractivity contribution >= 4 is 22.2 Å². The third-order valence-electron chi connectivity index (χ3n) is 2.81. The molecule has 3 nitrogen and oxygen atoms in total. The minimum Gasteiger partial charge on any atom is -0.478 e. The van der Waals surface area contributed by atoms with Crippen molar-refractivity contribution in [3.63, 3.8) is 0 Å². The standard InChI is InChI=1S/C15H13NO2S/c17-9-13-7-8-15(19-13)18-10-12-6-5-11-3-1-2-4-14(11)16-12/h1-8,17H,9-10H2. The van der Waals surface area contributed by atoms with E-state index in [0.29, 0.717) is 6.61 Å². The maximum absolute atomic E-state index is 9.00. The molecule has 3 aromatic rings.